The Bertz CT molecular complexity index is 1520. The summed E-state index contributed by atoms with van der Waals surface area (Å²) in [5.74, 6) is 8.34. The van der Waals surface area contributed by atoms with Crippen molar-refractivity contribution in [2.45, 2.75) is 76.3 Å². The van der Waals surface area contributed by atoms with Crippen LogP contribution in [0.25, 0.3) is 12.2 Å². The summed E-state index contributed by atoms with van der Waals surface area (Å²) < 4.78 is 0. The third-order valence-electron chi connectivity index (χ3n) is 8.67. The Labute approximate surface area is 238 Å². The second-order valence-corrected chi connectivity index (χ2v) is 23.3. The van der Waals surface area contributed by atoms with Crippen molar-refractivity contribution in [3.8, 4) is 22.9 Å². The summed E-state index contributed by atoms with van der Waals surface area (Å²) in [4.78, 5) is 0. The lowest BCUT2D eigenvalue weighted by atomic mass is 9.59. The molecule has 2 atom stereocenters. The number of hydrogen-bond acceptors (Lipinski definition) is 0. The average molecular weight is 541 g/mol. The van der Waals surface area contributed by atoms with Gasteiger partial charge in [-0.15, -0.1) is 11.1 Å². The van der Waals surface area contributed by atoms with Crippen molar-refractivity contribution in [2.75, 3.05) is 0 Å². The molecule has 196 valence electrons. The third kappa shape index (κ3) is 4.69. The van der Waals surface area contributed by atoms with Crippen LogP contribution in [0.15, 0.2) is 60.7 Å². The van der Waals surface area contributed by atoms with E-state index in [9.17, 15) is 0 Å². The first-order chi connectivity index (χ1) is 18.6. The molecule has 0 N–H and O–H groups in total. The molecule has 1 unspecified atom stereocenters. The maximum atomic E-state index is 3.63. The van der Waals surface area contributed by atoms with Gasteiger partial charge < -0.3 is 0 Å². The maximum Gasteiger partial charge on any atom is 0.129 e. The third-order valence-corrected chi connectivity index (χ3v) is 10.4. The summed E-state index contributed by atoms with van der Waals surface area (Å²) >= 11 is 0. The second-order valence-electron chi connectivity index (χ2n) is 13.8. The van der Waals surface area contributed by atoms with Gasteiger partial charge in [0.25, 0.3) is 0 Å². The standard InChI is InChI=1S/C37H40Si2/c1-38(2,3)23-21-27-15-17-29-19-20-30-18-16-28(22-24-39(4,5)6)26-36(30)37(35(29)25-27)33-13-9-7-11-31(33)32-12-8-10-14-34(32)37/h7,9,11,13,15-20,25-26,32,34H,8,10,12,14H2,1-6H3/t32-,34?/m1/s1. The first-order valence-electron chi connectivity index (χ1n) is 14.7. The van der Waals surface area contributed by atoms with E-state index in [4.69, 9.17) is 0 Å². The fraction of sp³-hybridized carbons (Fsp3) is 0.351. The van der Waals surface area contributed by atoms with Gasteiger partial charge in [-0.05, 0) is 82.3 Å². The van der Waals surface area contributed by atoms with E-state index < -0.39 is 16.1 Å². The van der Waals surface area contributed by atoms with Crippen molar-refractivity contribution in [1.29, 1.82) is 0 Å². The number of benzene rings is 3. The molecular weight excluding hydrogens is 501 g/mol. The smallest absolute Gasteiger partial charge is 0.127 e. The fourth-order valence-electron chi connectivity index (χ4n) is 7.18. The summed E-state index contributed by atoms with van der Waals surface area (Å²) in [5, 5.41) is 0. The predicted octanol–water partition coefficient (Wildman–Crippen LogP) is 9.25. The van der Waals surface area contributed by atoms with Crippen molar-refractivity contribution in [3.63, 3.8) is 0 Å². The SMILES string of the molecule is C[Si](C)(C)C#Cc1ccc2c(c1)C1(c3cc(C#C[Si](C)(C)C)ccc3C=C2)c2ccccc2[C@H]2CCCCC21. The van der Waals surface area contributed by atoms with Gasteiger partial charge in [0.05, 0.1) is 5.41 Å². The van der Waals surface area contributed by atoms with Crippen LogP contribution in [0.4, 0.5) is 0 Å². The molecule has 1 saturated carbocycles. The summed E-state index contributed by atoms with van der Waals surface area (Å²) in [6.07, 6.45) is 9.88. The summed E-state index contributed by atoms with van der Waals surface area (Å²) in [5.41, 5.74) is 18.0. The van der Waals surface area contributed by atoms with Gasteiger partial charge in [-0.3, -0.25) is 0 Å². The molecule has 0 aromatic heterocycles. The van der Waals surface area contributed by atoms with Gasteiger partial charge >= 0.3 is 0 Å². The Morgan fingerprint density at radius 1 is 0.641 bits per heavy atom. The zero-order valence-electron chi connectivity index (χ0n) is 24.4. The molecule has 0 aliphatic heterocycles. The lowest BCUT2D eigenvalue weighted by Gasteiger charge is -2.43. The van der Waals surface area contributed by atoms with Gasteiger partial charge in [-0.2, -0.15) is 0 Å². The quantitative estimate of drug-likeness (QED) is 0.197. The lowest BCUT2D eigenvalue weighted by Crippen LogP contribution is -2.38. The number of fused-ring (bicyclic) bond motifs is 9. The topological polar surface area (TPSA) is 0 Å². The molecule has 39 heavy (non-hydrogen) atoms. The first kappa shape index (κ1) is 26.2. The molecule has 0 heterocycles. The highest BCUT2D eigenvalue weighted by Crippen LogP contribution is 2.63. The van der Waals surface area contributed by atoms with E-state index in [1.54, 1.807) is 5.56 Å². The van der Waals surface area contributed by atoms with Crippen LogP contribution in [0, 0.1) is 28.8 Å². The van der Waals surface area contributed by atoms with E-state index in [1.165, 1.54) is 53.5 Å². The molecule has 0 radical (unpaired) electrons. The molecule has 1 spiro atoms. The van der Waals surface area contributed by atoms with E-state index >= 15 is 0 Å². The van der Waals surface area contributed by atoms with E-state index in [-0.39, 0.29) is 5.41 Å². The molecule has 3 aromatic rings. The van der Waals surface area contributed by atoms with Gasteiger partial charge in [0, 0.05) is 11.1 Å². The van der Waals surface area contributed by atoms with Crippen LogP contribution in [0.5, 0.6) is 0 Å². The minimum absolute atomic E-state index is 0.191. The molecular formula is C37H40Si2. The first-order valence-corrected chi connectivity index (χ1v) is 21.7. The minimum Gasteiger partial charge on any atom is -0.127 e. The molecule has 3 aromatic carbocycles. The maximum absolute atomic E-state index is 3.63. The second kappa shape index (κ2) is 9.55. The Hall–Kier alpha value is -3.05. The molecule has 1 fully saturated rings. The summed E-state index contributed by atoms with van der Waals surface area (Å²) in [6.45, 7) is 14.0. The summed E-state index contributed by atoms with van der Waals surface area (Å²) in [7, 11) is -2.98. The summed E-state index contributed by atoms with van der Waals surface area (Å²) in [6, 6.07) is 23.4. The monoisotopic (exact) mass is 540 g/mol. The lowest BCUT2D eigenvalue weighted by molar-refractivity contribution is 0.262. The highest BCUT2D eigenvalue weighted by atomic mass is 28.3. The zero-order chi connectivity index (χ0) is 27.4. The largest absolute Gasteiger partial charge is 0.129 e. The predicted molar refractivity (Wildman–Crippen MR) is 173 cm³/mol. The minimum atomic E-state index is -1.49. The number of hydrogen-bond donors (Lipinski definition) is 0. The van der Waals surface area contributed by atoms with Gasteiger partial charge in [0.15, 0.2) is 0 Å². The van der Waals surface area contributed by atoms with Crippen molar-refractivity contribution in [3.05, 3.63) is 105 Å². The van der Waals surface area contributed by atoms with Crippen molar-refractivity contribution in [2.24, 2.45) is 5.92 Å². The average Bonchev–Trinajstić information content (AvgIpc) is 3.11. The van der Waals surface area contributed by atoms with Gasteiger partial charge in [0.1, 0.15) is 16.1 Å². The Morgan fingerprint density at radius 3 is 1.74 bits per heavy atom. The molecule has 0 saturated heterocycles. The van der Waals surface area contributed by atoms with E-state index in [0.717, 1.165) is 11.1 Å². The molecule has 0 nitrogen and oxygen atoms in total. The molecule has 2 heteroatoms. The number of rotatable bonds is 0. The Kier molecular flexibility index (Phi) is 6.41. The fourth-order valence-corrected chi connectivity index (χ4v) is 8.21. The van der Waals surface area contributed by atoms with E-state index in [2.05, 4.69) is 135 Å². The van der Waals surface area contributed by atoms with Crippen LogP contribution in [-0.2, 0) is 5.41 Å². The Morgan fingerprint density at radius 2 is 1.18 bits per heavy atom. The van der Waals surface area contributed by atoms with Crippen LogP contribution in [0.1, 0.15) is 76.1 Å². The van der Waals surface area contributed by atoms with E-state index in [0.29, 0.717) is 11.8 Å². The van der Waals surface area contributed by atoms with Crippen LogP contribution < -0.4 is 0 Å². The molecule has 0 amide bonds. The van der Waals surface area contributed by atoms with Gasteiger partial charge in [0.2, 0.25) is 0 Å². The van der Waals surface area contributed by atoms with Crippen LogP contribution >= 0.6 is 0 Å². The van der Waals surface area contributed by atoms with E-state index in [1.807, 2.05) is 0 Å². The van der Waals surface area contributed by atoms with Crippen LogP contribution in [0.2, 0.25) is 39.3 Å². The molecule has 6 rings (SSSR count). The molecule has 0 bridgehead atoms. The van der Waals surface area contributed by atoms with Crippen molar-refractivity contribution in [1.82, 2.24) is 0 Å². The highest BCUT2D eigenvalue weighted by molar-refractivity contribution is 6.84. The Balaban J connectivity index is 1.69. The van der Waals surface area contributed by atoms with Gasteiger partial charge in [-0.25, -0.2) is 0 Å². The highest BCUT2D eigenvalue weighted by Gasteiger charge is 2.55. The molecule has 3 aliphatic rings. The normalized spacial score (nSPS) is 20.4. The van der Waals surface area contributed by atoms with Gasteiger partial charge in [-0.1, -0.05) is 113 Å². The zero-order valence-corrected chi connectivity index (χ0v) is 26.4. The van der Waals surface area contributed by atoms with Crippen LogP contribution in [-0.4, -0.2) is 16.1 Å². The van der Waals surface area contributed by atoms with Crippen molar-refractivity contribution >= 4 is 28.3 Å². The van der Waals surface area contributed by atoms with Crippen LogP contribution in [0.3, 0.4) is 0 Å². The molecule has 3 aliphatic carbocycles. The van der Waals surface area contributed by atoms with Crippen molar-refractivity contribution < 1.29 is 0 Å².